The zero-order valence-electron chi connectivity index (χ0n) is 12.2. The molecule has 1 aliphatic carbocycles. The van der Waals surface area contributed by atoms with Crippen LogP contribution in [0.25, 0.3) is 0 Å². The second kappa shape index (κ2) is 6.53. The van der Waals surface area contributed by atoms with E-state index in [-0.39, 0.29) is 11.8 Å². The van der Waals surface area contributed by atoms with Crippen LogP contribution in [0.15, 0.2) is 12.1 Å². The third-order valence-electron chi connectivity index (χ3n) is 4.00. The lowest BCUT2D eigenvalue weighted by molar-refractivity contribution is -0.162. The number of rotatable bonds is 5. The Morgan fingerprint density at radius 1 is 1.30 bits per heavy atom. The minimum atomic E-state index is -0.926. The Labute approximate surface area is 124 Å². The summed E-state index contributed by atoms with van der Waals surface area (Å²) in [6, 6.07) is 4.14. The molecule has 0 bridgehead atoms. The molecule has 1 fully saturated rings. The molecule has 110 valence electrons. The van der Waals surface area contributed by atoms with Gasteiger partial charge in [0.2, 0.25) is 0 Å². The average molecular weight is 294 g/mol. The molecule has 2 rings (SSSR count). The third-order valence-corrected chi connectivity index (χ3v) is 5.23. The number of hydrogen-bond acceptors (Lipinski definition) is 4. The van der Waals surface area contributed by atoms with E-state index in [1.165, 1.54) is 4.88 Å². The summed E-state index contributed by atoms with van der Waals surface area (Å²) in [7, 11) is 0. The van der Waals surface area contributed by atoms with Crippen molar-refractivity contribution < 1.29 is 14.3 Å². The third kappa shape index (κ3) is 2.95. The molecule has 3 nitrogen and oxygen atoms in total. The summed E-state index contributed by atoms with van der Waals surface area (Å²) < 4.78 is 5.21. The molecule has 1 atom stereocenters. The van der Waals surface area contributed by atoms with Crippen molar-refractivity contribution in [1.29, 1.82) is 0 Å². The van der Waals surface area contributed by atoms with Gasteiger partial charge in [0, 0.05) is 22.6 Å². The summed E-state index contributed by atoms with van der Waals surface area (Å²) in [5.41, 5.74) is -0.926. The van der Waals surface area contributed by atoms with Crippen molar-refractivity contribution in [2.45, 2.75) is 52.4 Å². The molecule has 0 spiro atoms. The van der Waals surface area contributed by atoms with Crippen molar-refractivity contribution in [3.05, 3.63) is 21.9 Å². The maximum Gasteiger partial charge on any atom is 0.319 e. The normalized spacial score (nSPS) is 22.8. The molecular formula is C16H22O3S. The molecule has 20 heavy (non-hydrogen) atoms. The fourth-order valence-electron chi connectivity index (χ4n) is 2.84. The summed E-state index contributed by atoms with van der Waals surface area (Å²) in [5.74, 6) is -0.259. The monoisotopic (exact) mass is 294 g/mol. The Hall–Kier alpha value is -1.16. The number of carbonyl (C=O) groups excluding carboxylic acids is 2. The van der Waals surface area contributed by atoms with Gasteiger partial charge in [0.15, 0.2) is 5.78 Å². The van der Waals surface area contributed by atoms with Gasteiger partial charge >= 0.3 is 5.97 Å². The number of Topliss-reactive ketones (excluding diaryl/α,β-unsaturated/α-hetero) is 1. The van der Waals surface area contributed by atoms with Crippen molar-refractivity contribution >= 4 is 23.1 Å². The van der Waals surface area contributed by atoms with E-state index in [4.69, 9.17) is 4.74 Å². The zero-order valence-corrected chi connectivity index (χ0v) is 13.1. The maximum absolute atomic E-state index is 12.4. The first kappa shape index (κ1) is 15.2. The van der Waals surface area contributed by atoms with Crippen LogP contribution in [0.5, 0.6) is 0 Å². The Morgan fingerprint density at radius 2 is 2.05 bits per heavy atom. The van der Waals surface area contributed by atoms with E-state index < -0.39 is 5.41 Å². The van der Waals surface area contributed by atoms with E-state index >= 15 is 0 Å². The van der Waals surface area contributed by atoms with Crippen molar-refractivity contribution in [2.24, 2.45) is 5.41 Å². The van der Waals surface area contributed by atoms with Gasteiger partial charge in [-0.1, -0.05) is 13.3 Å². The van der Waals surface area contributed by atoms with Crippen LogP contribution in [-0.2, 0) is 27.2 Å². The molecule has 0 saturated heterocycles. The van der Waals surface area contributed by atoms with Crippen LogP contribution < -0.4 is 0 Å². The zero-order chi connectivity index (χ0) is 14.6. The number of ketones is 1. The van der Waals surface area contributed by atoms with Gasteiger partial charge in [-0.2, -0.15) is 0 Å². The highest BCUT2D eigenvalue weighted by Gasteiger charge is 2.48. The Morgan fingerprint density at radius 3 is 2.65 bits per heavy atom. The van der Waals surface area contributed by atoms with E-state index in [1.807, 2.05) is 6.07 Å². The lowest BCUT2D eigenvalue weighted by atomic mass is 9.70. The summed E-state index contributed by atoms with van der Waals surface area (Å²) in [5, 5.41) is 0. The second-order valence-corrected chi connectivity index (χ2v) is 6.58. The van der Waals surface area contributed by atoms with Crippen molar-refractivity contribution in [3.8, 4) is 0 Å². The Bertz CT molecular complexity index is 492. The second-order valence-electron chi connectivity index (χ2n) is 5.33. The van der Waals surface area contributed by atoms with Crippen LogP contribution in [0.2, 0.25) is 0 Å². The molecule has 0 radical (unpaired) electrons. The first-order valence-electron chi connectivity index (χ1n) is 7.40. The summed E-state index contributed by atoms with van der Waals surface area (Å²) >= 11 is 1.70. The molecule has 1 heterocycles. The largest absolute Gasteiger partial charge is 0.465 e. The Balaban J connectivity index is 2.26. The molecule has 0 aliphatic heterocycles. The summed E-state index contributed by atoms with van der Waals surface area (Å²) in [4.78, 5) is 27.2. The van der Waals surface area contributed by atoms with Crippen molar-refractivity contribution in [3.63, 3.8) is 0 Å². The smallest absolute Gasteiger partial charge is 0.319 e. The van der Waals surface area contributed by atoms with Crippen LogP contribution in [0.1, 0.15) is 49.3 Å². The SMILES string of the molecule is CCOC(=O)C1(Cc2ccc(CC)s2)CCCCC1=O. The summed E-state index contributed by atoms with van der Waals surface area (Å²) in [6.07, 6.45) is 4.45. The van der Waals surface area contributed by atoms with Gasteiger partial charge in [-0.25, -0.2) is 0 Å². The maximum atomic E-state index is 12.4. The number of carbonyl (C=O) groups is 2. The van der Waals surface area contributed by atoms with Gasteiger partial charge < -0.3 is 4.74 Å². The van der Waals surface area contributed by atoms with Crippen LogP contribution in [0.3, 0.4) is 0 Å². The molecule has 0 aromatic carbocycles. The fraction of sp³-hybridized carbons (Fsp3) is 0.625. The van der Waals surface area contributed by atoms with Crippen molar-refractivity contribution in [1.82, 2.24) is 0 Å². The molecule has 1 aliphatic rings. The van der Waals surface area contributed by atoms with E-state index in [9.17, 15) is 9.59 Å². The topological polar surface area (TPSA) is 43.4 Å². The highest BCUT2D eigenvalue weighted by molar-refractivity contribution is 7.12. The summed E-state index contributed by atoms with van der Waals surface area (Å²) in [6.45, 7) is 4.24. The quantitative estimate of drug-likeness (QED) is 0.616. The Kier molecular flexibility index (Phi) is 4.97. The number of ether oxygens (including phenoxy) is 1. The van der Waals surface area contributed by atoms with Gasteiger partial charge in [0.1, 0.15) is 5.41 Å². The molecule has 1 saturated carbocycles. The molecule has 0 N–H and O–H groups in total. The molecule has 1 aromatic rings. The lowest BCUT2D eigenvalue weighted by Crippen LogP contribution is -2.44. The molecule has 1 unspecified atom stereocenters. The number of esters is 1. The highest BCUT2D eigenvalue weighted by atomic mass is 32.1. The first-order chi connectivity index (χ1) is 9.62. The number of thiophene rings is 1. The van der Waals surface area contributed by atoms with Crippen LogP contribution in [0.4, 0.5) is 0 Å². The van der Waals surface area contributed by atoms with Gasteiger partial charge in [0.25, 0.3) is 0 Å². The predicted molar refractivity (Wildman–Crippen MR) is 79.9 cm³/mol. The van der Waals surface area contributed by atoms with Gasteiger partial charge in [0.05, 0.1) is 6.61 Å². The molecule has 0 amide bonds. The minimum absolute atomic E-state index is 0.0636. The average Bonchev–Trinajstić information content (AvgIpc) is 2.89. The van der Waals surface area contributed by atoms with E-state index in [0.29, 0.717) is 25.9 Å². The lowest BCUT2D eigenvalue weighted by Gasteiger charge is -2.33. The van der Waals surface area contributed by atoms with E-state index in [1.54, 1.807) is 18.3 Å². The van der Waals surface area contributed by atoms with E-state index in [0.717, 1.165) is 24.1 Å². The highest BCUT2D eigenvalue weighted by Crippen LogP contribution is 2.39. The standard InChI is InChI=1S/C16H22O3S/c1-3-12-8-9-13(20-12)11-16(15(18)19-4-2)10-6-5-7-14(16)17/h8-9H,3-7,10-11H2,1-2H3. The first-order valence-corrected chi connectivity index (χ1v) is 8.22. The molecule has 4 heteroatoms. The fourth-order valence-corrected chi connectivity index (χ4v) is 3.91. The number of aryl methyl sites for hydroxylation is 1. The molecule has 1 aromatic heterocycles. The van der Waals surface area contributed by atoms with Gasteiger partial charge in [-0.3, -0.25) is 9.59 Å². The minimum Gasteiger partial charge on any atom is -0.465 e. The van der Waals surface area contributed by atoms with E-state index in [2.05, 4.69) is 13.0 Å². The van der Waals surface area contributed by atoms with Crippen LogP contribution >= 0.6 is 11.3 Å². The van der Waals surface area contributed by atoms with Crippen LogP contribution in [0, 0.1) is 5.41 Å². The number of hydrogen-bond donors (Lipinski definition) is 0. The molecular weight excluding hydrogens is 272 g/mol. The van der Waals surface area contributed by atoms with Crippen molar-refractivity contribution in [2.75, 3.05) is 6.61 Å². The van der Waals surface area contributed by atoms with Crippen LogP contribution in [-0.4, -0.2) is 18.4 Å². The predicted octanol–water partition coefficient (Wildman–Crippen LogP) is 3.55. The van der Waals surface area contributed by atoms with Gasteiger partial charge in [-0.05, 0) is 38.3 Å². The van der Waals surface area contributed by atoms with Gasteiger partial charge in [-0.15, -0.1) is 11.3 Å².